The van der Waals surface area contributed by atoms with Gasteiger partial charge in [0, 0.05) is 17.5 Å². The fourth-order valence-corrected chi connectivity index (χ4v) is 4.08. The van der Waals surface area contributed by atoms with Crippen LogP contribution < -0.4 is 5.73 Å². The number of pyridine rings is 1. The van der Waals surface area contributed by atoms with E-state index in [9.17, 15) is 0 Å². The average Bonchev–Trinajstić information content (AvgIpc) is 2.85. The zero-order chi connectivity index (χ0) is 13.2. The molecule has 1 aliphatic carbocycles. The molecule has 2 heterocycles. The van der Waals surface area contributed by atoms with Gasteiger partial charge in [-0.1, -0.05) is 31.2 Å². The van der Waals surface area contributed by atoms with E-state index in [1.165, 1.54) is 19.3 Å². The van der Waals surface area contributed by atoms with E-state index in [1.807, 2.05) is 28.8 Å². The van der Waals surface area contributed by atoms with Crippen LogP contribution in [-0.4, -0.2) is 25.9 Å². The van der Waals surface area contributed by atoms with Crippen molar-refractivity contribution >= 4 is 17.4 Å². The summed E-state index contributed by atoms with van der Waals surface area (Å²) in [5.74, 6) is 0.816. The fraction of sp³-hybridized carbons (Fsp3) is 0.571. The van der Waals surface area contributed by atoms with Gasteiger partial charge in [-0.05, 0) is 37.3 Å². The molecule has 1 saturated carbocycles. The molecule has 4 nitrogen and oxygen atoms in total. The standard InChI is InChI=1S/C14H20N4S/c1-2-10-6-7-11(15)12(9-10)19-14-17-16-13-5-3-4-8-18(13)14/h3-5,8,10-12H,2,6-7,9,15H2,1H3. The van der Waals surface area contributed by atoms with Crippen LogP contribution in [0.4, 0.5) is 0 Å². The highest BCUT2D eigenvalue weighted by atomic mass is 32.2. The molecular weight excluding hydrogens is 256 g/mol. The van der Waals surface area contributed by atoms with E-state index in [-0.39, 0.29) is 6.04 Å². The highest BCUT2D eigenvalue weighted by Crippen LogP contribution is 2.36. The molecule has 102 valence electrons. The molecule has 3 rings (SSSR count). The van der Waals surface area contributed by atoms with Crippen LogP contribution >= 0.6 is 11.8 Å². The van der Waals surface area contributed by atoms with Crippen molar-refractivity contribution in [3.63, 3.8) is 0 Å². The van der Waals surface area contributed by atoms with Crippen molar-refractivity contribution in [2.45, 2.75) is 49.1 Å². The minimum Gasteiger partial charge on any atom is -0.327 e. The Labute approximate surface area is 117 Å². The largest absolute Gasteiger partial charge is 0.327 e. The van der Waals surface area contributed by atoms with Gasteiger partial charge in [-0.25, -0.2) is 0 Å². The van der Waals surface area contributed by atoms with Crippen molar-refractivity contribution in [2.24, 2.45) is 11.7 Å². The number of hydrogen-bond acceptors (Lipinski definition) is 4. The number of thioether (sulfide) groups is 1. The number of fused-ring (bicyclic) bond motifs is 1. The second-order valence-corrected chi connectivity index (χ2v) is 6.53. The zero-order valence-electron chi connectivity index (χ0n) is 11.2. The molecule has 2 aromatic heterocycles. The molecule has 0 radical (unpaired) electrons. The molecule has 0 aliphatic heterocycles. The van der Waals surface area contributed by atoms with Gasteiger partial charge < -0.3 is 5.73 Å². The Morgan fingerprint density at radius 2 is 2.26 bits per heavy atom. The van der Waals surface area contributed by atoms with Gasteiger partial charge in [0.05, 0.1) is 0 Å². The van der Waals surface area contributed by atoms with Crippen LogP contribution in [0.15, 0.2) is 29.6 Å². The van der Waals surface area contributed by atoms with Gasteiger partial charge in [0.15, 0.2) is 10.8 Å². The van der Waals surface area contributed by atoms with Crippen molar-refractivity contribution in [2.75, 3.05) is 0 Å². The minimum absolute atomic E-state index is 0.281. The first-order valence-corrected chi connectivity index (χ1v) is 7.88. The van der Waals surface area contributed by atoms with Crippen LogP contribution in [0.25, 0.3) is 5.65 Å². The molecule has 1 fully saturated rings. The molecule has 19 heavy (non-hydrogen) atoms. The fourth-order valence-electron chi connectivity index (χ4n) is 2.78. The molecule has 2 N–H and O–H groups in total. The smallest absolute Gasteiger partial charge is 0.195 e. The Hall–Kier alpha value is -1.07. The first-order valence-electron chi connectivity index (χ1n) is 7.00. The Morgan fingerprint density at radius 3 is 3.11 bits per heavy atom. The van der Waals surface area contributed by atoms with Crippen molar-refractivity contribution in [3.8, 4) is 0 Å². The lowest BCUT2D eigenvalue weighted by atomic mass is 9.84. The number of nitrogens with zero attached hydrogens (tertiary/aromatic N) is 3. The van der Waals surface area contributed by atoms with E-state index in [4.69, 9.17) is 5.73 Å². The van der Waals surface area contributed by atoms with E-state index in [0.717, 1.165) is 23.1 Å². The monoisotopic (exact) mass is 276 g/mol. The van der Waals surface area contributed by atoms with Crippen LogP contribution in [-0.2, 0) is 0 Å². The quantitative estimate of drug-likeness (QED) is 0.936. The Morgan fingerprint density at radius 1 is 1.37 bits per heavy atom. The van der Waals surface area contributed by atoms with E-state index >= 15 is 0 Å². The Kier molecular flexibility index (Phi) is 3.75. The van der Waals surface area contributed by atoms with Crippen LogP contribution in [0.2, 0.25) is 0 Å². The summed E-state index contributed by atoms with van der Waals surface area (Å²) in [6.07, 6.45) is 6.87. The summed E-state index contributed by atoms with van der Waals surface area (Å²) in [5, 5.41) is 9.92. The van der Waals surface area contributed by atoms with Crippen molar-refractivity contribution in [1.29, 1.82) is 0 Å². The summed E-state index contributed by atoms with van der Waals surface area (Å²) in [6, 6.07) is 6.25. The lowest BCUT2D eigenvalue weighted by Crippen LogP contribution is -2.38. The van der Waals surface area contributed by atoms with Crippen molar-refractivity contribution in [1.82, 2.24) is 14.6 Å². The van der Waals surface area contributed by atoms with Crippen molar-refractivity contribution in [3.05, 3.63) is 24.4 Å². The molecule has 0 bridgehead atoms. The molecule has 0 spiro atoms. The first kappa shape index (κ1) is 12.9. The molecule has 1 aliphatic rings. The molecule has 3 atom stereocenters. The predicted molar refractivity (Wildman–Crippen MR) is 78.2 cm³/mol. The Balaban J connectivity index is 1.80. The molecule has 5 heteroatoms. The molecule has 0 amide bonds. The van der Waals surface area contributed by atoms with Gasteiger partial charge in [-0.2, -0.15) is 0 Å². The molecular formula is C14H20N4S. The summed E-state index contributed by atoms with van der Waals surface area (Å²) in [6.45, 7) is 2.27. The van der Waals surface area contributed by atoms with Crippen LogP contribution in [0.3, 0.4) is 0 Å². The first-order chi connectivity index (χ1) is 9.28. The second kappa shape index (κ2) is 5.51. The maximum absolute atomic E-state index is 6.28. The number of hydrogen-bond donors (Lipinski definition) is 1. The van der Waals surface area contributed by atoms with Gasteiger partial charge >= 0.3 is 0 Å². The van der Waals surface area contributed by atoms with E-state index in [0.29, 0.717) is 5.25 Å². The normalized spacial score (nSPS) is 27.8. The van der Waals surface area contributed by atoms with Gasteiger partial charge in [-0.15, -0.1) is 10.2 Å². The second-order valence-electron chi connectivity index (χ2n) is 5.32. The highest BCUT2D eigenvalue weighted by molar-refractivity contribution is 7.99. The zero-order valence-corrected chi connectivity index (χ0v) is 12.0. The third kappa shape index (κ3) is 2.62. The molecule has 3 unspecified atom stereocenters. The number of aromatic nitrogens is 3. The van der Waals surface area contributed by atoms with Gasteiger partial charge in [0.25, 0.3) is 0 Å². The summed E-state index contributed by atoms with van der Waals surface area (Å²) < 4.78 is 2.05. The third-order valence-corrected chi connectivity index (χ3v) is 5.40. The third-order valence-electron chi connectivity index (χ3n) is 4.07. The topological polar surface area (TPSA) is 56.2 Å². The number of nitrogens with two attached hydrogens (primary N) is 1. The van der Waals surface area contributed by atoms with Crippen LogP contribution in [0.5, 0.6) is 0 Å². The summed E-state index contributed by atoms with van der Waals surface area (Å²) in [4.78, 5) is 0. The van der Waals surface area contributed by atoms with Gasteiger partial charge in [0.1, 0.15) is 0 Å². The van der Waals surface area contributed by atoms with Crippen molar-refractivity contribution < 1.29 is 0 Å². The highest BCUT2D eigenvalue weighted by Gasteiger charge is 2.29. The summed E-state index contributed by atoms with van der Waals surface area (Å²) in [7, 11) is 0. The van der Waals surface area contributed by atoms with E-state index in [2.05, 4.69) is 17.1 Å². The Bertz CT molecular complexity index is 553. The molecule has 0 aromatic carbocycles. The van der Waals surface area contributed by atoms with E-state index < -0.39 is 0 Å². The minimum atomic E-state index is 0.281. The summed E-state index contributed by atoms with van der Waals surface area (Å²) in [5.41, 5.74) is 7.18. The van der Waals surface area contributed by atoms with E-state index in [1.54, 1.807) is 11.8 Å². The predicted octanol–water partition coefficient (Wildman–Crippen LogP) is 2.73. The maximum atomic E-state index is 6.28. The molecule has 0 saturated heterocycles. The lowest BCUT2D eigenvalue weighted by Gasteiger charge is -2.32. The summed E-state index contributed by atoms with van der Waals surface area (Å²) >= 11 is 1.79. The van der Waals surface area contributed by atoms with Gasteiger partial charge in [-0.3, -0.25) is 4.40 Å². The lowest BCUT2D eigenvalue weighted by molar-refractivity contribution is 0.327. The number of rotatable bonds is 3. The van der Waals surface area contributed by atoms with Gasteiger partial charge in [0.2, 0.25) is 0 Å². The van der Waals surface area contributed by atoms with Crippen LogP contribution in [0, 0.1) is 5.92 Å². The maximum Gasteiger partial charge on any atom is 0.195 e. The SMILES string of the molecule is CCC1CCC(N)C(Sc2nnc3ccccn23)C1. The molecule has 2 aromatic rings. The average molecular weight is 276 g/mol. The van der Waals surface area contributed by atoms with Crippen LogP contribution in [0.1, 0.15) is 32.6 Å².